The van der Waals surface area contributed by atoms with Gasteiger partial charge in [-0.15, -0.1) is 0 Å². The lowest BCUT2D eigenvalue weighted by Gasteiger charge is -2.07. The number of rotatable bonds is 4. The minimum atomic E-state index is -4.35. The molecule has 1 rings (SSSR count). The number of aromatic nitrogens is 1. The molecule has 0 bridgehead atoms. The number of ether oxygens (including phenoxy) is 1. The summed E-state index contributed by atoms with van der Waals surface area (Å²) in [6.45, 7) is 0.984. The van der Waals surface area contributed by atoms with Crippen LogP contribution in [-0.4, -0.2) is 25.2 Å². The van der Waals surface area contributed by atoms with Gasteiger partial charge in [-0.2, -0.15) is 13.2 Å². The van der Waals surface area contributed by atoms with Crippen molar-refractivity contribution in [2.24, 2.45) is 0 Å². The summed E-state index contributed by atoms with van der Waals surface area (Å²) in [5.41, 5.74) is -0.775. The zero-order valence-electron chi connectivity index (χ0n) is 8.14. The van der Waals surface area contributed by atoms with Gasteiger partial charge in [0.15, 0.2) is 0 Å². The van der Waals surface area contributed by atoms with Crippen molar-refractivity contribution in [3.05, 3.63) is 23.9 Å². The molecule has 0 aromatic carbocycles. The average Bonchev–Trinajstić information content (AvgIpc) is 2.18. The van der Waals surface area contributed by atoms with Gasteiger partial charge in [0.1, 0.15) is 6.61 Å². The Labute approximate surface area is 85.3 Å². The Morgan fingerprint density at radius 2 is 2.13 bits per heavy atom. The summed E-state index contributed by atoms with van der Waals surface area (Å²) in [7, 11) is 1.75. The second kappa shape index (κ2) is 4.97. The van der Waals surface area contributed by atoms with Gasteiger partial charge in [-0.05, 0) is 13.1 Å². The van der Waals surface area contributed by atoms with E-state index in [0.717, 1.165) is 12.3 Å². The van der Waals surface area contributed by atoms with E-state index in [1.807, 2.05) is 0 Å². The number of pyridine rings is 1. The summed E-state index contributed by atoms with van der Waals surface area (Å²) in [6.07, 6.45) is -3.59. The molecule has 0 radical (unpaired) electrons. The lowest BCUT2D eigenvalue weighted by molar-refractivity contribution is -0.137. The van der Waals surface area contributed by atoms with Crippen LogP contribution in [0.15, 0.2) is 18.3 Å². The van der Waals surface area contributed by atoms with Gasteiger partial charge in [-0.1, -0.05) is 0 Å². The molecule has 0 unspecified atom stereocenters. The maximum atomic E-state index is 12.1. The lowest BCUT2D eigenvalue weighted by Crippen LogP contribution is -2.16. The highest BCUT2D eigenvalue weighted by molar-refractivity contribution is 5.20. The molecule has 1 aromatic rings. The molecule has 0 amide bonds. The van der Waals surface area contributed by atoms with Crippen molar-refractivity contribution < 1.29 is 17.9 Å². The highest BCUT2D eigenvalue weighted by atomic mass is 19.4. The highest BCUT2D eigenvalue weighted by Crippen LogP contribution is 2.29. The number of halogens is 3. The molecule has 1 heterocycles. The highest BCUT2D eigenvalue weighted by Gasteiger charge is 2.30. The van der Waals surface area contributed by atoms with Crippen LogP contribution in [0.5, 0.6) is 5.88 Å². The third kappa shape index (κ3) is 3.75. The monoisotopic (exact) mass is 220 g/mol. The van der Waals surface area contributed by atoms with Crippen molar-refractivity contribution in [3.8, 4) is 5.88 Å². The molecule has 0 fully saturated rings. The molecule has 0 spiro atoms. The van der Waals surface area contributed by atoms with Gasteiger partial charge in [0.25, 0.3) is 0 Å². The van der Waals surface area contributed by atoms with Crippen LogP contribution in [-0.2, 0) is 6.18 Å². The summed E-state index contributed by atoms with van der Waals surface area (Å²) in [6, 6.07) is 2.15. The Hall–Kier alpha value is -1.30. The van der Waals surface area contributed by atoms with E-state index in [1.54, 1.807) is 7.05 Å². The molecular weight excluding hydrogens is 209 g/mol. The summed E-state index contributed by atoms with van der Waals surface area (Å²) < 4.78 is 41.5. The fourth-order valence-corrected chi connectivity index (χ4v) is 0.891. The fraction of sp³-hybridized carbons (Fsp3) is 0.444. The van der Waals surface area contributed by atoms with Crippen molar-refractivity contribution in [2.75, 3.05) is 20.2 Å². The Balaban J connectivity index is 2.57. The molecule has 1 aromatic heterocycles. The maximum Gasteiger partial charge on any atom is 0.417 e. The van der Waals surface area contributed by atoms with E-state index in [1.165, 1.54) is 6.07 Å². The van der Waals surface area contributed by atoms with Crippen LogP contribution in [0.25, 0.3) is 0 Å². The maximum absolute atomic E-state index is 12.1. The molecular formula is C9H11F3N2O. The normalized spacial score (nSPS) is 11.5. The second-order valence-electron chi connectivity index (χ2n) is 2.83. The predicted molar refractivity (Wildman–Crippen MR) is 48.7 cm³/mol. The van der Waals surface area contributed by atoms with Gasteiger partial charge in [0.05, 0.1) is 5.56 Å². The number of nitrogens with one attached hydrogen (secondary N) is 1. The van der Waals surface area contributed by atoms with E-state index >= 15 is 0 Å². The van der Waals surface area contributed by atoms with Crippen LogP contribution in [0, 0.1) is 0 Å². The van der Waals surface area contributed by atoms with Crippen LogP contribution >= 0.6 is 0 Å². The SMILES string of the molecule is CNCCOc1ccc(C(F)(F)F)cn1. The van der Waals surface area contributed by atoms with Gasteiger partial charge in [0.2, 0.25) is 5.88 Å². The largest absolute Gasteiger partial charge is 0.476 e. The molecule has 84 valence electrons. The lowest BCUT2D eigenvalue weighted by atomic mass is 10.3. The van der Waals surface area contributed by atoms with Crippen molar-refractivity contribution in [2.45, 2.75) is 6.18 Å². The van der Waals surface area contributed by atoms with Gasteiger partial charge in [-0.3, -0.25) is 0 Å². The molecule has 6 heteroatoms. The minimum Gasteiger partial charge on any atom is -0.476 e. The summed E-state index contributed by atoms with van der Waals surface area (Å²) in [5.74, 6) is 0.193. The molecule has 15 heavy (non-hydrogen) atoms. The Morgan fingerprint density at radius 1 is 1.40 bits per heavy atom. The van der Waals surface area contributed by atoms with Crippen LogP contribution < -0.4 is 10.1 Å². The summed E-state index contributed by atoms with van der Waals surface area (Å²) >= 11 is 0. The standard InChI is InChI=1S/C9H11F3N2O/c1-13-4-5-15-8-3-2-7(6-14-8)9(10,11)12/h2-3,6,13H,4-5H2,1H3. The van der Waals surface area contributed by atoms with E-state index in [-0.39, 0.29) is 5.88 Å². The first-order chi connectivity index (χ1) is 7.04. The quantitative estimate of drug-likeness (QED) is 0.784. The number of alkyl halides is 3. The Morgan fingerprint density at radius 3 is 2.60 bits per heavy atom. The smallest absolute Gasteiger partial charge is 0.417 e. The van der Waals surface area contributed by atoms with E-state index < -0.39 is 11.7 Å². The molecule has 0 saturated heterocycles. The average molecular weight is 220 g/mol. The van der Waals surface area contributed by atoms with Gasteiger partial charge in [0, 0.05) is 18.8 Å². The number of likely N-dealkylation sites (N-methyl/N-ethyl adjacent to an activating group) is 1. The van der Waals surface area contributed by atoms with E-state index in [4.69, 9.17) is 4.74 Å². The van der Waals surface area contributed by atoms with Crippen molar-refractivity contribution in [1.29, 1.82) is 0 Å². The van der Waals surface area contributed by atoms with E-state index in [9.17, 15) is 13.2 Å². The topological polar surface area (TPSA) is 34.1 Å². The predicted octanol–water partition coefficient (Wildman–Crippen LogP) is 1.70. The molecule has 0 aliphatic heterocycles. The zero-order chi connectivity index (χ0) is 11.3. The van der Waals surface area contributed by atoms with Gasteiger partial charge in [-0.25, -0.2) is 4.98 Å². The number of hydrogen-bond donors (Lipinski definition) is 1. The van der Waals surface area contributed by atoms with Crippen LogP contribution in [0.2, 0.25) is 0 Å². The molecule has 0 aliphatic carbocycles. The first-order valence-electron chi connectivity index (χ1n) is 4.34. The van der Waals surface area contributed by atoms with Crippen molar-refractivity contribution >= 4 is 0 Å². The molecule has 0 saturated carbocycles. The number of nitrogens with zero attached hydrogens (tertiary/aromatic N) is 1. The molecule has 3 nitrogen and oxygen atoms in total. The van der Waals surface area contributed by atoms with E-state index in [2.05, 4.69) is 10.3 Å². The first-order valence-corrected chi connectivity index (χ1v) is 4.34. The van der Waals surface area contributed by atoms with Gasteiger partial charge < -0.3 is 10.1 Å². The van der Waals surface area contributed by atoms with Crippen molar-refractivity contribution in [1.82, 2.24) is 10.3 Å². The zero-order valence-corrected chi connectivity index (χ0v) is 8.14. The second-order valence-corrected chi connectivity index (χ2v) is 2.83. The minimum absolute atomic E-state index is 0.193. The fourth-order valence-electron chi connectivity index (χ4n) is 0.891. The summed E-state index contributed by atoms with van der Waals surface area (Å²) in [5, 5.41) is 2.84. The van der Waals surface area contributed by atoms with Crippen LogP contribution in [0.3, 0.4) is 0 Å². The molecule has 0 atom stereocenters. The Bertz CT molecular complexity index is 297. The van der Waals surface area contributed by atoms with Gasteiger partial charge >= 0.3 is 6.18 Å². The van der Waals surface area contributed by atoms with Crippen molar-refractivity contribution in [3.63, 3.8) is 0 Å². The van der Waals surface area contributed by atoms with Crippen LogP contribution in [0.4, 0.5) is 13.2 Å². The third-order valence-electron chi connectivity index (χ3n) is 1.67. The van der Waals surface area contributed by atoms with E-state index in [0.29, 0.717) is 13.2 Å². The third-order valence-corrected chi connectivity index (χ3v) is 1.67. The summed E-state index contributed by atoms with van der Waals surface area (Å²) in [4.78, 5) is 3.55. The molecule has 1 N–H and O–H groups in total. The van der Waals surface area contributed by atoms with Crippen LogP contribution in [0.1, 0.15) is 5.56 Å². The Kier molecular flexibility index (Phi) is 3.90. The molecule has 0 aliphatic rings. The number of hydrogen-bond acceptors (Lipinski definition) is 3. The first kappa shape index (κ1) is 11.8.